The molecule has 0 unspecified atom stereocenters. The average molecular weight is 245 g/mol. The summed E-state index contributed by atoms with van der Waals surface area (Å²) in [4.78, 5) is 14.2. The number of rotatable bonds is 5. The average Bonchev–Trinajstić information content (AvgIpc) is 2.69. The molecule has 1 fully saturated rings. The van der Waals surface area contributed by atoms with E-state index in [-0.39, 0.29) is 5.92 Å². The van der Waals surface area contributed by atoms with Crippen molar-refractivity contribution >= 4 is 5.91 Å². The van der Waals surface area contributed by atoms with E-state index in [1.807, 2.05) is 11.0 Å². The molecule has 2 nitrogen and oxygen atoms in total. The topological polar surface area (TPSA) is 20.3 Å². The minimum Gasteiger partial charge on any atom is -0.342 e. The van der Waals surface area contributed by atoms with Gasteiger partial charge in [0, 0.05) is 19.0 Å². The van der Waals surface area contributed by atoms with E-state index in [1.165, 1.54) is 5.56 Å². The Balaban J connectivity index is 1.83. The van der Waals surface area contributed by atoms with Gasteiger partial charge >= 0.3 is 0 Å². The molecule has 1 aromatic rings. The predicted octanol–water partition coefficient (Wildman–Crippen LogP) is 3.12. The molecule has 0 N–H and O–H groups in total. The summed E-state index contributed by atoms with van der Waals surface area (Å²) in [5.74, 6) is 1.27. The summed E-state index contributed by atoms with van der Waals surface area (Å²) in [6, 6.07) is 10.4. The van der Waals surface area contributed by atoms with E-state index in [4.69, 9.17) is 0 Å². The molecular formula is C16H23NO. The zero-order chi connectivity index (χ0) is 13.0. The fourth-order valence-electron chi connectivity index (χ4n) is 2.72. The van der Waals surface area contributed by atoms with Gasteiger partial charge in [0.2, 0.25) is 5.91 Å². The Morgan fingerprint density at radius 1 is 1.28 bits per heavy atom. The van der Waals surface area contributed by atoms with Crippen molar-refractivity contribution in [3.8, 4) is 0 Å². The molecule has 0 spiro atoms. The molecule has 18 heavy (non-hydrogen) atoms. The largest absolute Gasteiger partial charge is 0.342 e. The second kappa shape index (κ2) is 6.03. The third-order valence-electron chi connectivity index (χ3n) is 3.68. The zero-order valence-corrected chi connectivity index (χ0v) is 11.4. The number of hydrogen-bond acceptors (Lipinski definition) is 1. The van der Waals surface area contributed by atoms with Crippen LogP contribution in [0, 0.1) is 11.8 Å². The van der Waals surface area contributed by atoms with Crippen molar-refractivity contribution in [3.63, 3.8) is 0 Å². The van der Waals surface area contributed by atoms with E-state index in [9.17, 15) is 4.79 Å². The molecule has 0 aromatic heterocycles. The van der Waals surface area contributed by atoms with Crippen LogP contribution in [-0.2, 0) is 11.2 Å². The van der Waals surface area contributed by atoms with Crippen molar-refractivity contribution < 1.29 is 4.79 Å². The Labute approximate surface area is 110 Å². The summed E-state index contributed by atoms with van der Waals surface area (Å²) in [5.41, 5.74) is 1.32. The van der Waals surface area contributed by atoms with Crippen LogP contribution in [0.15, 0.2) is 30.3 Å². The maximum atomic E-state index is 12.2. The van der Waals surface area contributed by atoms with Gasteiger partial charge in [0.05, 0.1) is 0 Å². The number of carbonyl (C=O) groups is 1. The Morgan fingerprint density at radius 3 is 2.67 bits per heavy atom. The van der Waals surface area contributed by atoms with Crippen molar-refractivity contribution in [1.29, 1.82) is 0 Å². The Kier molecular flexibility index (Phi) is 4.40. The van der Waals surface area contributed by atoms with Gasteiger partial charge in [-0.1, -0.05) is 44.2 Å². The highest BCUT2D eigenvalue weighted by Gasteiger charge is 2.31. The van der Waals surface area contributed by atoms with E-state index in [1.54, 1.807) is 0 Å². The molecule has 1 atom stereocenters. The molecule has 0 bridgehead atoms. The lowest BCUT2D eigenvalue weighted by Gasteiger charge is -2.17. The number of carbonyl (C=O) groups excluding carboxylic acids is 1. The second-order valence-electron chi connectivity index (χ2n) is 5.68. The van der Waals surface area contributed by atoms with Gasteiger partial charge in [0.25, 0.3) is 0 Å². The Morgan fingerprint density at radius 2 is 2.00 bits per heavy atom. The first-order valence-electron chi connectivity index (χ1n) is 6.99. The molecule has 0 aliphatic carbocycles. The van der Waals surface area contributed by atoms with Crippen molar-refractivity contribution in [2.75, 3.05) is 13.1 Å². The van der Waals surface area contributed by atoms with Crippen LogP contribution in [0.1, 0.15) is 32.3 Å². The molecule has 1 aliphatic heterocycles. The van der Waals surface area contributed by atoms with Crippen molar-refractivity contribution in [2.45, 2.75) is 33.1 Å². The fourth-order valence-corrected chi connectivity index (χ4v) is 2.72. The summed E-state index contributed by atoms with van der Waals surface area (Å²) in [7, 11) is 0. The van der Waals surface area contributed by atoms with E-state index < -0.39 is 0 Å². The smallest absolute Gasteiger partial charge is 0.225 e. The number of amides is 1. The van der Waals surface area contributed by atoms with Gasteiger partial charge in [0.15, 0.2) is 0 Å². The number of hydrogen-bond donors (Lipinski definition) is 0. The lowest BCUT2D eigenvalue weighted by Crippen LogP contribution is -2.29. The minimum absolute atomic E-state index is 0.278. The van der Waals surface area contributed by atoms with Crippen LogP contribution in [0.25, 0.3) is 0 Å². The monoisotopic (exact) mass is 245 g/mol. The van der Waals surface area contributed by atoms with E-state index >= 15 is 0 Å². The first kappa shape index (κ1) is 13.1. The molecule has 0 radical (unpaired) electrons. The molecule has 1 amide bonds. The van der Waals surface area contributed by atoms with Gasteiger partial charge in [-0.05, 0) is 30.7 Å². The first-order chi connectivity index (χ1) is 8.66. The molecule has 1 heterocycles. The van der Waals surface area contributed by atoms with Gasteiger partial charge in [-0.2, -0.15) is 0 Å². The number of benzene rings is 1. The molecule has 1 aliphatic rings. The number of nitrogens with zero attached hydrogens (tertiary/aromatic N) is 1. The first-order valence-corrected chi connectivity index (χ1v) is 6.99. The van der Waals surface area contributed by atoms with Gasteiger partial charge in [-0.15, -0.1) is 0 Å². The molecule has 98 valence electrons. The van der Waals surface area contributed by atoms with Gasteiger partial charge in [0.1, 0.15) is 0 Å². The van der Waals surface area contributed by atoms with Crippen LogP contribution in [0.4, 0.5) is 0 Å². The molecule has 2 heteroatoms. The highest BCUT2D eigenvalue weighted by molar-refractivity contribution is 5.80. The quantitative estimate of drug-likeness (QED) is 0.780. The maximum Gasteiger partial charge on any atom is 0.225 e. The van der Waals surface area contributed by atoms with Crippen molar-refractivity contribution in [3.05, 3.63) is 35.9 Å². The third-order valence-corrected chi connectivity index (χ3v) is 3.68. The summed E-state index contributed by atoms with van der Waals surface area (Å²) in [5, 5.41) is 0. The highest BCUT2D eigenvalue weighted by atomic mass is 16.2. The standard InChI is InChI=1S/C16H23NO/c1-13(2)12-15-9-11-17(16(15)18)10-8-14-6-4-3-5-7-14/h3-7,13,15H,8-12H2,1-2H3/t15-/m1/s1. The van der Waals surface area contributed by atoms with Gasteiger partial charge in [-0.25, -0.2) is 0 Å². The SMILES string of the molecule is CC(C)C[C@H]1CCN(CCc2ccccc2)C1=O. The number of likely N-dealkylation sites (tertiary alicyclic amines) is 1. The fraction of sp³-hybridized carbons (Fsp3) is 0.562. The van der Waals surface area contributed by atoms with Crippen LogP contribution in [-0.4, -0.2) is 23.9 Å². The van der Waals surface area contributed by atoms with Crippen molar-refractivity contribution in [1.82, 2.24) is 4.90 Å². The van der Waals surface area contributed by atoms with Crippen LogP contribution >= 0.6 is 0 Å². The molecule has 1 aromatic carbocycles. The molecule has 2 rings (SSSR count). The van der Waals surface area contributed by atoms with Gasteiger partial charge in [-0.3, -0.25) is 4.79 Å². The zero-order valence-electron chi connectivity index (χ0n) is 11.4. The second-order valence-corrected chi connectivity index (χ2v) is 5.68. The maximum absolute atomic E-state index is 12.2. The Bertz CT molecular complexity index is 385. The summed E-state index contributed by atoms with van der Waals surface area (Å²) in [6.45, 7) is 6.21. The van der Waals surface area contributed by atoms with E-state index in [2.05, 4.69) is 38.1 Å². The van der Waals surface area contributed by atoms with Crippen LogP contribution in [0.5, 0.6) is 0 Å². The highest BCUT2D eigenvalue weighted by Crippen LogP contribution is 2.24. The van der Waals surface area contributed by atoms with Crippen LogP contribution in [0.2, 0.25) is 0 Å². The van der Waals surface area contributed by atoms with E-state index in [0.29, 0.717) is 11.8 Å². The lowest BCUT2D eigenvalue weighted by molar-refractivity contribution is -0.131. The molecule has 1 saturated heterocycles. The van der Waals surface area contributed by atoms with E-state index in [0.717, 1.165) is 32.4 Å². The Hall–Kier alpha value is -1.31. The van der Waals surface area contributed by atoms with Crippen molar-refractivity contribution in [2.24, 2.45) is 11.8 Å². The summed E-state index contributed by atoms with van der Waals surface area (Å²) >= 11 is 0. The molecular weight excluding hydrogens is 222 g/mol. The van der Waals surface area contributed by atoms with Crippen LogP contribution in [0.3, 0.4) is 0 Å². The van der Waals surface area contributed by atoms with Crippen LogP contribution < -0.4 is 0 Å². The molecule has 0 saturated carbocycles. The predicted molar refractivity (Wildman–Crippen MR) is 74.3 cm³/mol. The minimum atomic E-state index is 0.278. The normalized spacial score (nSPS) is 19.8. The van der Waals surface area contributed by atoms with Gasteiger partial charge < -0.3 is 4.90 Å². The third kappa shape index (κ3) is 3.34. The summed E-state index contributed by atoms with van der Waals surface area (Å²) < 4.78 is 0. The summed E-state index contributed by atoms with van der Waals surface area (Å²) in [6.07, 6.45) is 3.06. The lowest BCUT2D eigenvalue weighted by atomic mass is 9.96.